The summed E-state index contributed by atoms with van der Waals surface area (Å²) in [5.41, 5.74) is 6.98. The Labute approximate surface area is 170 Å². The molecule has 1 aromatic heterocycles. The van der Waals surface area contributed by atoms with Gasteiger partial charge in [0.25, 0.3) is 0 Å². The average molecular weight is 395 g/mol. The Morgan fingerprint density at radius 1 is 1.07 bits per heavy atom. The molecule has 28 heavy (non-hydrogen) atoms. The van der Waals surface area contributed by atoms with E-state index in [1.54, 1.807) is 6.33 Å². The number of aryl methyl sites for hydroxylation is 4. The molecule has 1 unspecified atom stereocenters. The monoisotopic (exact) mass is 394 g/mol. The van der Waals surface area contributed by atoms with Gasteiger partial charge in [0.2, 0.25) is 5.91 Å². The van der Waals surface area contributed by atoms with Crippen molar-refractivity contribution >= 4 is 17.7 Å². The molecule has 1 atom stereocenters. The summed E-state index contributed by atoms with van der Waals surface area (Å²) in [5, 5.41) is 12.0. The van der Waals surface area contributed by atoms with Crippen molar-refractivity contribution in [2.24, 2.45) is 0 Å². The van der Waals surface area contributed by atoms with Gasteiger partial charge in [-0.2, -0.15) is 0 Å². The summed E-state index contributed by atoms with van der Waals surface area (Å²) in [6, 6.07) is 12.5. The minimum absolute atomic E-state index is 0.0223. The normalized spacial score (nSPS) is 12.0. The first-order chi connectivity index (χ1) is 13.3. The van der Waals surface area contributed by atoms with E-state index in [9.17, 15) is 4.79 Å². The molecule has 0 aliphatic heterocycles. The van der Waals surface area contributed by atoms with Crippen LogP contribution in [0.2, 0.25) is 0 Å². The number of aromatic nitrogens is 3. The fourth-order valence-electron chi connectivity index (χ4n) is 3.09. The van der Waals surface area contributed by atoms with Crippen LogP contribution in [-0.4, -0.2) is 26.4 Å². The molecule has 0 spiro atoms. The summed E-state index contributed by atoms with van der Waals surface area (Å²) < 4.78 is 1.93. The molecule has 5 nitrogen and oxygen atoms in total. The zero-order chi connectivity index (χ0) is 20.3. The Balaban J connectivity index is 1.64. The van der Waals surface area contributed by atoms with E-state index in [0.717, 1.165) is 16.8 Å². The molecule has 146 valence electrons. The number of hydrogen-bond donors (Lipinski definition) is 1. The van der Waals surface area contributed by atoms with Crippen LogP contribution in [0.25, 0.3) is 5.69 Å². The maximum Gasteiger partial charge on any atom is 0.230 e. The zero-order valence-corrected chi connectivity index (χ0v) is 17.8. The molecule has 0 aliphatic carbocycles. The summed E-state index contributed by atoms with van der Waals surface area (Å²) >= 11 is 1.39. The Kier molecular flexibility index (Phi) is 6.19. The third-order valence-corrected chi connectivity index (χ3v) is 5.81. The van der Waals surface area contributed by atoms with Gasteiger partial charge >= 0.3 is 0 Å². The SMILES string of the molecule is Cc1ccc(-n2cnnc2SCC(=O)NC(C)c2ccc(C)c(C)c2)c(C)c1. The number of thioether (sulfide) groups is 1. The number of amides is 1. The number of rotatable bonds is 6. The number of nitrogens with zero attached hydrogens (tertiary/aromatic N) is 3. The second-order valence-corrected chi connectivity index (χ2v) is 8.14. The van der Waals surface area contributed by atoms with Crippen LogP contribution in [0.4, 0.5) is 0 Å². The molecule has 0 saturated carbocycles. The molecule has 6 heteroatoms. The Morgan fingerprint density at radius 3 is 2.57 bits per heavy atom. The number of carbonyl (C=O) groups is 1. The highest BCUT2D eigenvalue weighted by molar-refractivity contribution is 7.99. The highest BCUT2D eigenvalue weighted by Gasteiger charge is 2.14. The standard InChI is InChI=1S/C22H26N4OS/c1-14-6-9-20(17(4)10-14)26-13-23-25-22(26)28-12-21(27)24-18(5)19-8-7-15(2)16(3)11-19/h6-11,13,18H,12H2,1-5H3,(H,24,27). The first-order valence-corrected chi connectivity index (χ1v) is 10.3. The summed E-state index contributed by atoms with van der Waals surface area (Å²) in [7, 11) is 0. The molecule has 0 saturated heterocycles. The second-order valence-electron chi connectivity index (χ2n) is 7.20. The topological polar surface area (TPSA) is 59.8 Å². The van der Waals surface area contributed by atoms with Crippen LogP contribution < -0.4 is 5.32 Å². The smallest absolute Gasteiger partial charge is 0.230 e. The molecule has 1 heterocycles. The van der Waals surface area contributed by atoms with Crippen LogP contribution in [0.1, 0.15) is 40.8 Å². The van der Waals surface area contributed by atoms with Gasteiger partial charge in [-0.25, -0.2) is 0 Å². The van der Waals surface area contributed by atoms with Crippen LogP contribution in [0, 0.1) is 27.7 Å². The van der Waals surface area contributed by atoms with Crippen LogP contribution in [0.15, 0.2) is 47.9 Å². The number of hydrogen-bond acceptors (Lipinski definition) is 4. The first-order valence-electron chi connectivity index (χ1n) is 9.32. The molecule has 0 bridgehead atoms. The van der Waals surface area contributed by atoms with Gasteiger partial charge in [0.05, 0.1) is 17.5 Å². The van der Waals surface area contributed by atoms with Crippen LogP contribution in [0.3, 0.4) is 0 Å². The highest BCUT2D eigenvalue weighted by Crippen LogP contribution is 2.23. The van der Waals surface area contributed by atoms with E-state index in [1.807, 2.05) is 11.5 Å². The van der Waals surface area contributed by atoms with Gasteiger partial charge in [0, 0.05) is 0 Å². The lowest BCUT2D eigenvalue weighted by atomic mass is 10.0. The van der Waals surface area contributed by atoms with Gasteiger partial charge in [-0.15, -0.1) is 10.2 Å². The van der Waals surface area contributed by atoms with Gasteiger partial charge in [0.15, 0.2) is 5.16 Å². The minimum Gasteiger partial charge on any atom is -0.349 e. The van der Waals surface area contributed by atoms with Gasteiger partial charge in [-0.3, -0.25) is 9.36 Å². The predicted octanol–water partition coefficient (Wildman–Crippen LogP) is 4.47. The molecular weight excluding hydrogens is 368 g/mol. The molecule has 3 rings (SSSR count). The van der Waals surface area contributed by atoms with Gasteiger partial charge in [-0.1, -0.05) is 47.7 Å². The van der Waals surface area contributed by atoms with Crippen molar-refractivity contribution in [2.45, 2.75) is 45.8 Å². The number of carbonyl (C=O) groups excluding carboxylic acids is 1. The maximum absolute atomic E-state index is 12.4. The largest absolute Gasteiger partial charge is 0.349 e. The van der Waals surface area contributed by atoms with Crippen molar-refractivity contribution < 1.29 is 4.79 Å². The summed E-state index contributed by atoms with van der Waals surface area (Å²) in [6.45, 7) is 10.3. The van der Waals surface area contributed by atoms with E-state index in [2.05, 4.69) is 79.6 Å². The maximum atomic E-state index is 12.4. The van der Waals surface area contributed by atoms with Gasteiger partial charge in [-0.05, 0) is 62.9 Å². The lowest BCUT2D eigenvalue weighted by molar-refractivity contribution is -0.119. The summed E-state index contributed by atoms with van der Waals surface area (Å²) in [5.74, 6) is 0.268. The van der Waals surface area contributed by atoms with Crippen LogP contribution in [0.5, 0.6) is 0 Å². The lowest BCUT2D eigenvalue weighted by Gasteiger charge is -2.16. The van der Waals surface area contributed by atoms with Crippen molar-refractivity contribution in [2.75, 3.05) is 5.75 Å². The van der Waals surface area contributed by atoms with E-state index < -0.39 is 0 Å². The van der Waals surface area contributed by atoms with E-state index in [-0.39, 0.29) is 11.9 Å². The summed E-state index contributed by atoms with van der Waals surface area (Å²) in [4.78, 5) is 12.4. The van der Waals surface area contributed by atoms with Crippen LogP contribution in [-0.2, 0) is 4.79 Å². The van der Waals surface area contributed by atoms with E-state index >= 15 is 0 Å². The lowest BCUT2D eigenvalue weighted by Crippen LogP contribution is -2.28. The quantitative estimate of drug-likeness (QED) is 0.627. The Bertz CT molecular complexity index is 996. The van der Waals surface area contributed by atoms with E-state index in [1.165, 1.54) is 28.5 Å². The molecule has 0 aliphatic rings. The fourth-order valence-corrected chi connectivity index (χ4v) is 3.83. The van der Waals surface area contributed by atoms with Crippen molar-refractivity contribution in [3.05, 3.63) is 70.5 Å². The van der Waals surface area contributed by atoms with Gasteiger partial charge in [0.1, 0.15) is 6.33 Å². The third kappa shape index (κ3) is 4.62. The molecule has 1 amide bonds. The fraction of sp³-hybridized carbons (Fsp3) is 0.318. The van der Waals surface area contributed by atoms with Crippen molar-refractivity contribution in [1.29, 1.82) is 0 Å². The van der Waals surface area contributed by atoms with Crippen molar-refractivity contribution in [3.8, 4) is 5.69 Å². The molecule has 1 N–H and O–H groups in total. The Morgan fingerprint density at radius 2 is 1.86 bits per heavy atom. The zero-order valence-electron chi connectivity index (χ0n) is 17.0. The molecule has 2 aromatic carbocycles. The molecular formula is C22H26N4OS. The second kappa shape index (κ2) is 8.61. The first kappa shape index (κ1) is 20.1. The summed E-state index contributed by atoms with van der Waals surface area (Å²) in [6.07, 6.45) is 1.69. The third-order valence-electron chi connectivity index (χ3n) is 4.87. The number of benzene rings is 2. The highest BCUT2D eigenvalue weighted by atomic mass is 32.2. The predicted molar refractivity (Wildman–Crippen MR) is 114 cm³/mol. The number of nitrogens with one attached hydrogen (secondary N) is 1. The van der Waals surface area contributed by atoms with E-state index in [4.69, 9.17) is 0 Å². The van der Waals surface area contributed by atoms with Crippen molar-refractivity contribution in [3.63, 3.8) is 0 Å². The van der Waals surface area contributed by atoms with Crippen LogP contribution >= 0.6 is 11.8 Å². The molecule has 3 aromatic rings. The molecule has 0 radical (unpaired) electrons. The van der Waals surface area contributed by atoms with Crippen molar-refractivity contribution in [1.82, 2.24) is 20.1 Å². The van der Waals surface area contributed by atoms with Gasteiger partial charge < -0.3 is 5.32 Å². The molecule has 0 fully saturated rings. The average Bonchev–Trinajstić information content (AvgIpc) is 3.10. The minimum atomic E-state index is -0.0374. The Hall–Kier alpha value is -2.60. The van der Waals surface area contributed by atoms with E-state index in [0.29, 0.717) is 10.9 Å².